The van der Waals surface area contributed by atoms with Crippen LogP contribution in [-0.4, -0.2) is 28.5 Å². The molecule has 0 radical (unpaired) electrons. The summed E-state index contributed by atoms with van der Waals surface area (Å²) in [6, 6.07) is 12.9. The summed E-state index contributed by atoms with van der Waals surface area (Å²) in [5.41, 5.74) is 6.93. The fourth-order valence-corrected chi connectivity index (χ4v) is 4.76. The molecule has 1 aromatic rings. The van der Waals surface area contributed by atoms with Gasteiger partial charge in [-0.15, -0.1) is 0 Å². The summed E-state index contributed by atoms with van der Waals surface area (Å²) in [7, 11) is 0.368. The van der Waals surface area contributed by atoms with Crippen molar-refractivity contribution in [1.29, 1.82) is 0 Å². The molecule has 4 heteroatoms. The zero-order chi connectivity index (χ0) is 14.0. The fourth-order valence-electron chi connectivity index (χ4n) is 2.22. The van der Waals surface area contributed by atoms with Gasteiger partial charge in [-0.05, 0) is 50.1 Å². The summed E-state index contributed by atoms with van der Waals surface area (Å²) in [5.74, 6) is 0. The van der Waals surface area contributed by atoms with E-state index in [4.69, 9.17) is 10.2 Å². The lowest BCUT2D eigenvalue weighted by Gasteiger charge is -2.25. The van der Waals surface area contributed by atoms with Gasteiger partial charge in [-0.25, -0.2) is 0 Å². The molecule has 3 nitrogen and oxygen atoms in total. The molecular formula is C15H28N2OSi. The Morgan fingerprint density at radius 1 is 1.16 bits per heavy atom. The molecule has 108 valence electrons. The third kappa shape index (κ3) is 6.87. The molecule has 0 fully saturated rings. The number of nitrogens with one attached hydrogen (secondary N) is 1. The zero-order valence-corrected chi connectivity index (χ0v) is 13.3. The molecule has 0 amide bonds. The van der Waals surface area contributed by atoms with Gasteiger partial charge in [0.1, 0.15) is 0 Å². The minimum absolute atomic E-state index is 0.776. The monoisotopic (exact) mass is 280 g/mol. The summed E-state index contributed by atoms with van der Waals surface area (Å²) >= 11 is 0. The van der Waals surface area contributed by atoms with Crippen LogP contribution in [-0.2, 0) is 11.0 Å². The first-order chi connectivity index (χ1) is 9.20. The topological polar surface area (TPSA) is 47.3 Å². The standard InChI is InChI=1S/C15H28N2OSi/c1-18-19(2,12-6-10-16)13-7-11-17-14-15-8-4-3-5-9-15/h3-5,8-9,17H,6-7,10-14,16H2,1-2H3. The molecule has 0 aliphatic heterocycles. The number of rotatable bonds is 10. The van der Waals surface area contributed by atoms with Gasteiger partial charge in [0.05, 0.1) is 0 Å². The Bertz CT molecular complexity index is 334. The van der Waals surface area contributed by atoms with E-state index in [0.717, 1.165) is 26.1 Å². The minimum atomic E-state index is -1.49. The summed E-state index contributed by atoms with van der Waals surface area (Å²) in [6.45, 7) is 5.11. The van der Waals surface area contributed by atoms with Gasteiger partial charge in [-0.1, -0.05) is 30.3 Å². The Kier molecular flexibility index (Phi) is 7.98. The third-order valence-electron chi connectivity index (χ3n) is 3.63. The number of nitrogens with two attached hydrogens (primary N) is 1. The molecule has 0 heterocycles. The van der Waals surface area contributed by atoms with Crippen molar-refractivity contribution >= 4 is 8.32 Å². The Hall–Kier alpha value is -0.683. The Morgan fingerprint density at radius 3 is 2.47 bits per heavy atom. The predicted octanol–water partition coefficient (Wildman–Crippen LogP) is 2.74. The molecule has 0 aliphatic rings. The van der Waals surface area contributed by atoms with Crippen LogP contribution in [0.4, 0.5) is 0 Å². The van der Waals surface area contributed by atoms with Gasteiger partial charge in [-0.3, -0.25) is 0 Å². The molecular weight excluding hydrogens is 252 g/mol. The van der Waals surface area contributed by atoms with Crippen LogP contribution in [0.2, 0.25) is 18.6 Å². The van der Waals surface area contributed by atoms with E-state index in [1.165, 1.54) is 24.1 Å². The summed E-state index contributed by atoms with van der Waals surface area (Å²) < 4.78 is 5.76. The van der Waals surface area contributed by atoms with Gasteiger partial charge in [0.15, 0.2) is 8.32 Å². The summed E-state index contributed by atoms with van der Waals surface area (Å²) in [4.78, 5) is 0. The summed E-state index contributed by atoms with van der Waals surface area (Å²) in [6.07, 6.45) is 2.28. The second-order valence-electron chi connectivity index (χ2n) is 5.31. The Morgan fingerprint density at radius 2 is 1.84 bits per heavy atom. The van der Waals surface area contributed by atoms with Gasteiger partial charge in [0.2, 0.25) is 0 Å². The van der Waals surface area contributed by atoms with E-state index in [-0.39, 0.29) is 0 Å². The van der Waals surface area contributed by atoms with Crippen LogP contribution in [0.5, 0.6) is 0 Å². The lowest BCUT2D eigenvalue weighted by Crippen LogP contribution is -2.34. The molecule has 0 spiro atoms. The molecule has 1 atom stereocenters. The molecule has 19 heavy (non-hydrogen) atoms. The SMILES string of the molecule is CO[Si](C)(CCCN)CCCNCc1ccccc1. The second kappa shape index (κ2) is 9.26. The predicted molar refractivity (Wildman–Crippen MR) is 84.7 cm³/mol. The van der Waals surface area contributed by atoms with Crippen molar-refractivity contribution in [3.63, 3.8) is 0 Å². The van der Waals surface area contributed by atoms with Crippen LogP contribution >= 0.6 is 0 Å². The Balaban J connectivity index is 2.15. The highest BCUT2D eigenvalue weighted by atomic mass is 28.4. The molecule has 3 N–H and O–H groups in total. The molecule has 1 aromatic carbocycles. The first kappa shape index (κ1) is 16.4. The minimum Gasteiger partial charge on any atom is -0.420 e. The molecule has 1 unspecified atom stereocenters. The van der Waals surface area contributed by atoms with Crippen molar-refractivity contribution in [2.24, 2.45) is 5.73 Å². The van der Waals surface area contributed by atoms with Crippen LogP contribution in [0.25, 0.3) is 0 Å². The molecule has 0 saturated carbocycles. The normalized spacial score (nSPS) is 14.3. The van der Waals surface area contributed by atoms with Crippen molar-refractivity contribution in [1.82, 2.24) is 5.32 Å². The number of hydrogen-bond donors (Lipinski definition) is 2. The van der Waals surface area contributed by atoms with Gasteiger partial charge < -0.3 is 15.5 Å². The maximum atomic E-state index is 5.76. The highest BCUT2D eigenvalue weighted by Crippen LogP contribution is 2.19. The number of hydrogen-bond acceptors (Lipinski definition) is 3. The van der Waals surface area contributed by atoms with Crippen molar-refractivity contribution in [3.05, 3.63) is 35.9 Å². The second-order valence-corrected chi connectivity index (χ2v) is 9.62. The first-order valence-electron chi connectivity index (χ1n) is 7.20. The molecule has 1 rings (SSSR count). The van der Waals surface area contributed by atoms with Gasteiger partial charge >= 0.3 is 0 Å². The van der Waals surface area contributed by atoms with E-state index in [0.29, 0.717) is 0 Å². The molecule has 0 bridgehead atoms. The average molecular weight is 280 g/mol. The molecule has 0 aliphatic carbocycles. The number of benzene rings is 1. The van der Waals surface area contributed by atoms with Crippen molar-refractivity contribution in [3.8, 4) is 0 Å². The van der Waals surface area contributed by atoms with E-state index in [2.05, 4.69) is 42.2 Å². The van der Waals surface area contributed by atoms with Crippen LogP contribution in [0.15, 0.2) is 30.3 Å². The van der Waals surface area contributed by atoms with Gasteiger partial charge in [0.25, 0.3) is 0 Å². The van der Waals surface area contributed by atoms with E-state index in [9.17, 15) is 0 Å². The lowest BCUT2D eigenvalue weighted by molar-refractivity contribution is 0.392. The van der Waals surface area contributed by atoms with Crippen LogP contribution in [0.3, 0.4) is 0 Å². The molecule has 0 aromatic heterocycles. The maximum Gasteiger partial charge on any atom is 0.189 e. The van der Waals surface area contributed by atoms with Crippen molar-refractivity contribution in [2.45, 2.75) is 38.0 Å². The first-order valence-corrected chi connectivity index (χ1v) is 10.0. The largest absolute Gasteiger partial charge is 0.420 e. The van der Waals surface area contributed by atoms with Crippen LogP contribution in [0, 0.1) is 0 Å². The van der Waals surface area contributed by atoms with E-state index >= 15 is 0 Å². The third-order valence-corrected chi connectivity index (χ3v) is 7.44. The van der Waals surface area contributed by atoms with Crippen LogP contribution < -0.4 is 11.1 Å². The van der Waals surface area contributed by atoms with Gasteiger partial charge in [-0.2, -0.15) is 0 Å². The van der Waals surface area contributed by atoms with E-state index in [1.54, 1.807) is 0 Å². The fraction of sp³-hybridized carbons (Fsp3) is 0.600. The van der Waals surface area contributed by atoms with Crippen molar-refractivity contribution < 1.29 is 4.43 Å². The van der Waals surface area contributed by atoms with E-state index in [1.807, 2.05) is 7.11 Å². The molecule has 0 saturated heterocycles. The lowest BCUT2D eigenvalue weighted by atomic mass is 10.2. The average Bonchev–Trinajstić information content (AvgIpc) is 2.46. The highest BCUT2D eigenvalue weighted by Gasteiger charge is 2.25. The van der Waals surface area contributed by atoms with Gasteiger partial charge in [0, 0.05) is 13.7 Å². The quantitative estimate of drug-likeness (QED) is 0.512. The Labute approximate surface area is 118 Å². The smallest absolute Gasteiger partial charge is 0.189 e. The zero-order valence-electron chi connectivity index (χ0n) is 12.3. The van der Waals surface area contributed by atoms with Crippen LogP contribution in [0.1, 0.15) is 18.4 Å². The maximum absolute atomic E-state index is 5.76. The van der Waals surface area contributed by atoms with Crippen molar-refractivity contribution in [2.75, 3.05) is 20.2 Å². The summed E-state index contributed by atoms with van der Waals surface area (Å²) in [5, 5.41) is 3.50. The highest BCUT2D eigenvalue weighted by molar-refractivity contribution is 6.72. The van der Waals surface area contributed by atoms with E-state index < -0.39 is 8.32 Å².